The molecule has 0 N–H and O–H groups in total. The first-order valence-corrected chi connectivity index (χ1v) is 18.6. The average Bonchev–Trinajstić information content (AvgIpc) is 3.21. The molecule has 1 aliphatic carbocycles. The van der Waals surface area contributed by atoms with E-state index in [0.29, 0.717) is 38.3 Å². The van der Waals surface area contributed by atoms with Crippen LogP contribution < -0.4 is 4.74 Å². The van der Waals surface area contributed by atoms with Gasteiger partial charge in [0.15, 0.2) is 0 Å². The molecule has 0 radical (unpaired) electrons. The Hall–Kier alpha value is -3.03. The van der Waals surface area contributed by atoms with Gasteiger partial charge in [0, 0.05) is 75.5 Å². The highest BCUT2D eigenvalue weighted by atomic mass is 79.9. The van der Waals surface area contributed by atoms with Crippen LogP contribution in [0.3, 0.4) is 0 Å². The molecule has 13 heteroatoms. The second-order valence-corrected chi connectivity index (χ2v) is 15.7. The highest BCUT2D eigenvalue weighted by Gasteiger charge is 2.34. The van der Waals surface area contributed by atoms with Crippen LogP contribution in [0.25, 0.3) is 0 Å². The van der Waals surface area contributed by atoms with Gasteiger partial charge in [-0.1, -0.05) is 40.3 Å². The number of nitrogens with zero attached hydrogens (tertiary/aromatic N) is 6. The molecular weight excluding hydrogens is 704 g/mol. The maximum Gasteiger partial charge on any atom is 0.326 e. The van der Waals surface area contributed by atoms with E-state index < -0.39 is 10.2 Å². The lowest BCUT2D eigenvalue weighted by Crippen LogP contribution is -2.50. The van der Waals surface area contributed by atoms with Crippen molar-refractivity contribution in [1.82, 2.24) is 24.0 Å². The number of piperazine rings is 1. The van der Waals surface area contributed by atoms with E-state index in [1.54, 1.807) is 12.1 Å². The summed E-state index contributed by atoms with van der Waals surface area (Å²) in [7, 11) is -1.00. The van der Waals surface area contributed by atoms with Gasteiger partial charge in [-0.05, 0) is 94.6 Å². The van der Waals surface area contributed by atoms with Crippen LogP contribution in [0.5, 0.6) is 5.75 Å². The van der Waals surface area contributed by atoms with Crippen LogP contribution in [0, 0.1) is 5.92 Å². The number of para-hydroxylation sites is 1. The van der Waals surface area contributed by atoms with Crippen LogP contribution in [-0.4, -0.2) is 97.7 Å². The Morgan fingerprint density at radius 3 is 2.38 bits per heavy atom. The number of piperidine rings is 1. The number of amidine groups is 1. The van der Waals surface area contributed by atoms with E-state index in [1.807, 2.05) is 40.3 Å². The predicted octanol–water partition coefficient (Wildman–Crippen LogP) is 5.17. The molecule has 0 saturated carbocycles. The number of carbonyl (C=O) groups excluding carboxylic acids is 1. The molecule has 6 rings (SSSR count). The van der Waals surface area contributed by atoms with Gasteiger partial charge in [-0.25, -0.2) is 0 Å². The standard InChI is InChI=1S/C34H40BrClN6O4S/c1-39(2)47(44,45)38-34(46-29-6-4-3-5-7-29)42-14-12-24(13-15-42)20-31(43)40-16-18-41(19-17-40)33-30-11-10-28(36)22-25(30)8-9-26-21-27(35)23-37-32(26)33/h3-7,10-11,21-24,33H,8-9,12-20H2,1-2H3. The first-order chi connectivity index (χ1) is 22.6. The summed E-state index contributed by atoms with van der Waals surface area (Å²) in [5.41, 5.74) is 4.82. The minimum atomic E-state index is -3.89. The third kappa shape index (κ3) is 8.00. The Bertz CT molecular complexity index is 1670. The third-order valence-corrected chi connectivity index (χ3v) is 11.3. The number of aromatic nitrogens is 1. The van der Waals surface area contributed by atoms with Gasteiger partial charge >= 0.3 is 16.2 Å². The zero-order valence-electron chi connectivity index (χ0n) is 26.7. The summed E-state index contributed by atoms with van der Waals surface area (Å²) >= 11 is 10.0. The molecule has 10 nitrogen and oxygen atoms in total. The number of likely N-dealkylation sites (tertiary alicyclic amines) is 1. The van der Waals surface area contributed by atoms with Gasteiger partial charge in [0.05, 0.1) is 11.7 Å². The van der Waals surface area contributed by atoms with E-state index in [0.717, 1.165) is 58.3 Å². The van der Waals surface area contributed by atoms with Crippen molar-refractivity contribution in [3.05, 3.63) is 92.7 Å². The highest BCUT2D eigenvalue weighted by Crippen LogP contribution is 2.38. The normalized spacial score (nSPS) is 19.7. The molecule has 2 fully saturated rings. The zero-order valence-corrected chi connectivity index (χ0v) is 29.8. The summed E-state index contributed by atoms with van der Waals surface area (Å²) in [5.74, 6) is 0.886. The second kappa shape index (κ2) is 14.6. The first kappa shape index (κ1) is 33.9. The summed E-state index contributed by atoms with van der Waals surface area (Å²) < 4.78 is 37.2. The molecule has 1 unspecified atom stereocenters. The lowest BCUT2D eigenvalue weighted by atomic mass is 9.93. The van der Waals surface area contributed by atoms with Crippen molar-refractivity contribution in [3.8, 4) is 5.75 Å². The molecule has 2 saturated heterocycles. The average molecular weight is 744 g/mol. The molecule has 0 bridgehead atoms. The van der Waals surface area contributed by atoms with Crippen molar-refractivity contribution in [2.75, 3.05) is 53.4 Å². The van der Waals surface area contributed by atoms with E-state index in [9.17, 15) is 13.2 Å². The largest absolute Gasteiger partial charge is 0.425 e. The minimum absolute atomic E-state index is 0.0136. The lowest BCUT2D eigenvalue weighted by Gasteiger charge is -2.40. The van der Waals surface area contributed by atoms with Crippen LogP contribution in [0.15, 0.2) is 69.7 Å². The number of hydrogen-bond donors (Lipinski definition) is 0. The Morgan fingerprint density at radius 2 is 1.68 bits per heavy atom. The van der Waals surface area contributed by atoms with Crippen LogP contribution in [0.1, 0.15) is 47.7 Å². The number of halogens is 2. The summed E-state index contributed by atoms with van der Waals surface area (Å²) in [5, 5.41) is 0.745. The number of carbonyl (C=O) groups is 1. The smallest absolute Gasteiger partial charge is 0.326 e. The maximum absolute atomic E-state index is 13.5. The van der Waals surface area contributed by atoms with Crippen LogP contribution in [0.4, 0.5) is 0 Å². The molecule has 1 aromatic heterocycles. The molecule has 3 heterocycles. The Balaban J connectivity index is 1.08. The van der Waals surface area contributed by atoms with Crippen molar-refractivity contribution >= 4 is 49.7 Å². The molecule has 47 heavy (non-hydrogen) atoms. The van der Waals surface area contributed by atoms with Gasteiger partial charge < -0.3 is 14.5 Å². The molecule has 2 aromatic carbocycles. The van der Waals surface area contributed by atoms with Gasteiger partial charge in [0.1, 0.15) is 5.75 Å². The number of benzene rings is 2. The molecule has 3 aliphatic rings. The molecule has 3 aromatic rings. The van der Waals surface area contributed by atoms with Gasteiger partial charge in [-0.15, -0.1) is 0 Å². The van der Waals surface area contributed by atoms with E-state index in [2.05, 4.69) is 43.4 Å². The quantitative estimate of drug-likeness (QED) is 0.254. The first-order valence-electron chi connectivity index (χ1n) is 16.0. The van der Waals surface area contributed by atoms with Crippen molar-refractivity contribution in [3.63, 3.8) is 0 Å². The fraction of sp³-hybridized carbons (Fsp3) is 0.441. The predicted molar refractivity (Wildman–Crippen MR) is 187 cm³/mol. The summed E-state index contributed by atoms with van der Waals surface area (Å²) in [4.78, 5) is 24.7. The SMILES string of the molecule is CN(C)S(=O)(=O)N=C(Oc1ccccc1)N1CCC(CC(=O)N2CCN(C3c4ccc(Cl)cc4CCc4cc(Br)cnc43)CC2)CC1. The number of ether oxygens (including phenoxy) is 1. The highest BCUT2D eigenvalue weighted by molar-refractivity contribution is 9.10. The monoisotopic (exact) mass is 742 g/mol. The molecule has 0 spiro atoms. The number of aryl methyl sites for hydroxylation is 2. The molecule has 1 atom stereocenters. The zero-order chi connectivity index (χ0) is 33.1. The van der Waals surface area contributed by atoms with Crippen molar-refractivity contribution in [2.24, 2.45) is 10.3 Å². The van der Waals surface area contributed by atoms with Gasteiger partial charge in [0.2, 0.25) is 5.91 Å². The molecular formula is C34H40BrClN6O4S. The minimum Gasteiger partial charge on any atom is -0.425 e. The van der Waals surface area contributed by atoms with Crippen LogP contribution in [0.2, 0.25) is 5.02 Å². The number of rotatable bonds is 6. The van der Waals surface area contributed by atoms with E-state index in [-0.39, 0.29) is 23.9 Å². The van der Waals surface area contributed by atoms with Crippen molar-refractivity contribution in [2.45, 2.75) is 38.1 Å². The van der Waals surface area contributed by atoms with Crippen molar-refractivity contribution < 1.29 is 17.9 Å². The van der Waals surface area contributed by atoms with E-state index in [4.69, 9.17) is 21.3 Å². The summed E-state index contributed by atoms with van der Waals surface area (Å²) in [6.45, 7) is 3.93. The summed E-state index contributed by atoms with van der Waals surface area (Å²) in [6, 6.07) is 17.5. The van der Waals surface area contributed by atoms with E-state index >= 15 is 0 Å². The second-order valence-electron chi connectivity index (χ2n) is 12.5. The maximum atomic E-state index is 13.5. The fourth-order valence-corrected chi connectivity index (χ4v) is 7.72. The number of amides is 1. The van der Waals surface area contributed by atoms with Gasteiger partial charge in [-0.2, -0.15) is 12.7 Å². The van der Waals surface area contributed by atoms with Crippen LogP contribution >= 0.6 is 27.5 Å². The lowest BCUT2D eigenvalue weighted by molar-refractivity contribution is -0.134. The van der Waals surface area contributed by atoms with Crippen molar-refractivity contribution in [1.29, 1.82) is 0 Å². The third-order valence-electron chi connectivity index (χ3n) is 9.28. The van der Waals surface area contributed by atoms with Gasteiger partial charge in [0.25, 0.3) is 0 Å². The number of fused-ring (bicyclic) bond motifs is 2. The molecule has 2 aliphatic heterocycles. The number of hydrogen-bond acceptors (Lipinski definition) is 6. The molecule has 250 valence electrons. The fourth-order valence-electron chi connectivity index (χ4n) is 6.63. The number of pyridine rings is 1. The van der Waals surface area contributed by atoms with Crippen LogP contribution in [-0.2, 0) is 27.8 Å². The Kier molecular flexibility index (Phi) is 10.5. The molecule has 1 amide bonds. The summed E-state index contributed by atoms with van der Waals surface area (Å²) in [6.07, 6.45) is 5.64. The Labute approximate surface area is 290 Å². The topological polar surface area (TPSA) is 98.6 Å². The van der Waals surface area contributed by atoms with E-state index in [1.165, 1.54) is 30.8 Å². The Morgan fingerprint density at radius 1 is 0.979 bits per heavy atom. The van der Waals surface area contributed by atoms with Gasteiger partial charge in [-0.3, -0.25) is 14.7 Å².